The van der Waals surface area contributed by atoms with Gasteiger partial charge < -0.3 is 9.64 Å². The first-order valence-corrected chi connectivity index (χ1v) is 8.04. The zero-order valence-electron chi connectivity index (χ0n) is 11.9. The second-order valence-electron chi connectivity index (χ2n) is 5.40. The summed E-state index contributed by atoms with van der Waals surface area (Å²) in [6, 6.07) is 1.90. The van der Waals surface area contributed by atoms with Crippen LogP contribution in [0.4, 0.5) is 5.95 Å². The van der Waals surface area contributed by atoms with Gasteiger partial charge in [0.25, 0.3) is 0 Å². The highest BCUT2D eigenvalue weighted by Crippen LogP contribution is 2.24. The van der Waals surface area contributed by atoms with Crippen molar-refractivity contribution in [3.05, 3.63) is 11.8 Å². The zero-order chi connectivity index (χ0) is 13.8. The summed E-state index contributed by atoms with van der Waals surface area (Å²) in [5, 5.41) is 1.09. The molecule has 0 bridgehead atoms. The highest BCUT2D eigenvalue weighted by molar-refractivity contribution is 9.09. The molecule has 5 heteroatoms. The van der Waals surface area contributed by atoms with Crippen molar-refractivity contribution in [3.8, 4) is 5.88 Å². The maximum atomic E-state index is 5.68. The van der Waals surface area contributed by atoms with Gasteiger partial charge in [0, 0.05) is 30.2 Å². The van der Waals surface area contributed by atoms with E-state index in [4.69, 9.17) is 4.74 Å². The average Bonchev–Trinajstić information content (AvgIpc) is 2.37. The lowest BCUT2D eigenvalue weighted by atomic mass is 9.99. The maximum absolute atomic E-state index is 5.68. The van der Waals surface area contributed by atoms with Gasteiger partial charge in [-0.3, -0.25) is 0 Å². The topological polar surface area (TPSA) is 38.2 Å². The summed E-state index contributed by atoms with van der Waals surface area (Å²) >= 11 is 3.57. The van der Waals surface area contributed by atoms with Gasteiger partial charge in [0.1, 0.15) is 0 Å². The standard InChI is InChI=1S/C14H22BrN3O/c1-10(2)19-13-8-11(3)16-14(17-13)18-6-4-12(9-15)5-7-18/h8,10,12H,4-7,9H2,1-3H3. The van der Waals surface area contributed by atoms with Crippen LogP contribution in [-0.2, 0) is 0 Å². The molecule has 0 amide bonds. The van der Waals surface area contributed by atoms with Gasteiger partial charge in [0.2, 0.25) is 11.8 Å². The second kappa shape index (κ2) is 6.55. The first-order valence-electron chi connectivity index (χ1n) is 6.91. The van der Waals surface area contributed by atoms with Crippen LogP contribution in [0.2, 0.25) is 0 Å². The molecule has 2 rings (SSSR count). The Labute approximate surface area is 123 Å². The van der Waals surface area contributed by atoms with Crippen LogP contribution < -0.4 is 9.64 Å². The molecule has 1 saturated heterocycles. The van der Waals surface area contributed by atoms with E-state index in [0.29, 0.717) is 5.88 Å². The summed E-state index contributed by atoms with van der Waals surface area (Å²) in [7, 11) is 0. The fourth-order valence-electron chi connectivity index (χ4n) is 2.26. The first-order chi connectivity index (χ1) is 9.08. The summed E-state index contributed by atoms with van der Waals surface area (Å²) in [4.78, 5) is 11.3. The number of nitrogens with zero attached hydrogens (tertiary/aromatic N) is 3. The van der Waals surface area contributed by atoms with Crippen LogP contribution in [0.5, 0.6) is 5.88 Å². The van der Waals surface area contributed by atoms with Crippen LogP contribution in [-0.4, -0.2) is 34.5 Å². The molecule has 4 nitrogen and oxygen atoms in total. The highest BCUT2D eigenvalue weighted by atomic mass is 79.9. The molecule has 1 aromatic heterocycles. The molecule has 1 aliphatic rings. The summed E-state index contributed by atoms with van der Waals surface area (Å²) in [6.07, 6.45) is 2.53. The lowest BCUT2D eigenvalue weighted by molar-refractivity contribution is 0.232. The third-order valence-electron chi connectivity index (χ3n) is 3.29. The second-order valence-corrected chi connectivity index (χ2v) is 6.05. The molecule has 0 N–H and O–H groups in total. The van der Waals surface area contributed by atoms with Crippen molar-refractivity contribution in [2.24, 2.45) is 5.92 Å². The smallest absolute Gasteiger partial charge is 0.228 e. The van der Waals surface area contributed by atoms with E-state index >= 15 is 0 Å². The van der Waals surface area contributed by atoms with Crippen molar-refractivity contribution >= 4 is 21.9 Å². The maximum Gasteiger partial charge on any atom is 0.228 e. The van der Waals surface area contributed by atoms with Crippen LogP contribution in [0.15, 0.2) is 6.07 Å². The highest BCUT2D eigenvalue weighted by Gasteiger charge is 2.21. The van der Waals surface area contributed by atoms with Gasteiger partial charge in [-0.2, -0.15) is 4.98 Å². The SMILES string of the molecule is Cc1cc(OC(C)C)nc(N2CCC(CBr)CC2)n1. The Balaban J connectivity index is 2.09. The molecule has 0 radical (unpaired) electrons. The van der Waals surface area contributed by atoms with E-state index in [0.717, 1.165) is 36.0 Å². The number of aryl methyl sites for hydroxylation is 1. The Bertz CT molecular complexity index is 417. The largest absolute Gasteiger partial charge is 0.475 e. The Hall–Kier alpha value is -0.840. The summed E-state index contributed by atoms with van der Waals surface area (Å²) in [5.74, 6) is 2.27. The minimum absolute atomic E-state index is 0.140. The molecular formula is C14H22BrN3O. The van der Waals surface area contributed by atoms with Crippen LogP contribution in [0.3, 0.4) is 0 Å². The molecule has 1 aliphatic heterocycles. The molecule has 2 heterocycles. The summed E-state index contributed by atoms with van der Waals surface area (Å²) < 4.78 is 5.68. The van der Waals surface area contributed by atoms with E-state index in [1.54, 1.807) is 0 Å². The number of hydrogen-bond donors (Lipinski definition) is 0. The predicted molar refractivity (Wildman–Crippen MR) is 81.3 cm³/mol. The van der Waals surface area contributed by atoms with E-state index in [1.165, 1.54) is 12.8 Å². The molecule has 0 atom stereocenters. The van der Waals surface area contributed by atoms with E-state index in [1.807, 2.05) is 26.8 Å². The van der Waals surface area contributed by atoms with Gasteiger partial charge in [-0.1, -0.05) is 15.9 Å². The van der Waals surface area contributed by atoms with Gasteiger partial charge in [0.05, 0.1) is 6.10 Å². The molecule has 0 aromatic carbocycles. The Morgan fingerprint density at radius 2 is 2.05 bits per heavy atom. The molecular weight excluding hydrogens is 306 g/mol. The lowest BCUT2D eigenvalue weighted by Gasteiger charge is -2.31. The number of aromatic nitrogens is 2. The average molecular weight is 328 g/mol. The molecule has 0 aliphatic carbocycles. The lowest BCUT2D eigenvalue weighted by Crippen LogP contribution is -2.35. The molecule has 0 spiro atoms. The van der Waals surface area contributed by atoms with E-state index in [9.17, 15) is 0 Å². The fourth-order valence-corrected chi connectivity index (χ4v) is 2.90. The van der Waals surface area contributed by atoms with Crippen LogP contribution in [0.1, 0.15) is 32.4 Å². The van der Waals surface area contributed by atoms with Crippen molar-refractivity contribution in [2.75, 3.05) is 23.3 Å². The number of halogens is 1. The van der Waals surface area contributed by atoms with Crippen molar-refractivity contribution in [3.63, 3.8) is 0 Å². The fraction of sp³-hybridized carbons (Fsp3) is 0.714. The van der Waals surface area contributed by atoms with Gasteiger partial charge >= 0.3 is 0 Å². The van der Waals surface area contributed by atoms with Gasteiger partial charge in [-0.15, -0.1) is 0 Å². The van der Waals surface area contributed by atoms with E-state index in [-0.39, 0.29) is 6.10 Å². The van der Waals surface area contributed by atoms with Gasteiger partial charge in [-0.25, -0.2) is 4.98 Å². The number of piperidine rings is 1. The Morgan fingerprint density at radius 1 is 1.37 bits per heavy atom. The minimum Gasteiger partial charge on any atom is -0.475 e. The van der Waals surface area contributed by atoms with Gasteiger partial charge in [0.15, 0.2) is 0 Å². The quantitative estimate of drug-likeness (QED) is 0.796. The minimum atomic E-state index is 0.140. The number of hydrogen-bond acceptors (Lipinski definition) is 4. The van der Waals surface area contributed by atoms with Crippen LogP contribution in [0.25, 0.3) is 0 Å². The van der Waals surface area contributed by atoms with Crippen molar-refractivity contribution < 1.29 is 4.74 Å². The van der Waals surface area contributed by atoms with E-state index < -0.39 is 0 Å². The normalized spacial score (nSPS) is 17.0. The van der Waals surface area contributed by atoms with Crippen LogP contribution >= 0.6 is 15.9 Å². The van der Waals surface area contributed by atoms with E-state index in [2.05, 4.69) is 30.8 Å². The first kappa shape index (κ1) is 14.6. The summed E-state index contributed by atoms with van der Waals surface area (Å²) in [6.45, 7) is 8.07. The van der Waals surface area contributed by atoms with Gasteiger partial charge in [-0.05, 0) is 39.5 Å². The van der Waals surface area contributed by atoms with Crippen LogP contribution in [0, 0.1) is 12.8 Å². The van der Waals surface area contributed by atoms with Crippen molar-refractivity contribution in [2.45, 2.75) is 39.7 Å². The number of rotatable bonds is 4. The number of anilines is 1. The number of ether oxygens (including phenoxy) is 1. The molecule has 106 valence electrons. The molecule has 1 aromatic rings. The molecule has 1 fully saturated rings. The monoisotopic (exact) mass is 327 g/mol. The molecule has 0 unspecified atom stereocenters. The Morgan fingerprint density at radius 3 is 2.63 bits per heavy atom. The summed E-state index contributed by atoms with van der Waals surface area (Å²) in [5.41, 5.74) is 0.961. The van der Waals surface area contributed by atoms with Crippen molar-refractivity contribution in [1.29, 1.82) is 0 Å². The third kappa shape index (κ3) is 4.06. The Kier molecular flexibility index (Phi) is 5.02. The predicted octanol–water partition coefficient (Wildman–Crippen LogP) is 3.18. The molecule has 19 heavy (non-hydrogen) atoms. The third-order valence-corrected chi connectivity index (χ3v) is 4.21. The van der Waals surface area contributed by atoms with Crippen molar-refractivity contribution in [1.82, 2.24) is 9.97 Å². The number of alkyl halides is 1. The zero-order valence-corrected chi connectivity index (χ0v) is 13.5. The molecule has 0 saturated carbocycles.